The van der Waals surface area contributed by atoms with Gasteiger partial charge in [-0.05, 0) is 44.9 Å². The molecule has 0 heterocycles. The highest BCUT2D eigenvalue weighted by Gasteiger charge is 2.42. The molecule has 4 nitrogen and oxygen atoms in total. The molecule has 0 aliphatic carbocycles. The molecule has 0 bridgehead atoms. The molecule has 0 unspecified atom stereocenters. The molecule has 5 heteroatoms. The molecular weight excluding hydrogens is 272 g/mol. The van der Waals surface area contributed by atoms with Crippen LogP contribution in [0, 0.1) is 6.92 Å². The van der Waals surface area contributed by atoms with Crippen molar-refractivity contribution in [2.24, 2.45) is 0 Å². The van der Waals surface area contributed by atoms with Gasteiger partial charge in [-0.25, -0.2) is 0 Å². The summed E-state index contributed by atoms with van der Waals surface area (Å²) in [6.45, 7) is 8.28. The molecule has 1 aromatic rings. The third kappa shape index (κ3) is 3.61. The van der Waals surface area contributed by atoms with E-state index in [1.807, 2.05) is 25.1 Å². The molecule has 0 aromatic heterocycles. The van der Waals surface area contributed by atoms with Crippen molar-refractivity contribution in [3.63, 3.8) is 0 Å². The van der Waals surface area contributed by atoms with E-state index in [0.29, 0.717) is 0 Å². The van der Waals surface area contributed by atoms with Crippen molar-refractivity contribution in [3.8, 4) is 5.75 Å². The maximum Gasteiger partial charge on any atom is 0.536 e. The Labute approximate surface area is 123 Å². The molecule has 0 atom stereocenters. The molecule has 0 radical (unpaired) electrons. The standard InChI is InChI=1S/C15H26O4Si/c1-8-15(3,4)19-13-9-10-14(12(2)11-13)20(16-5,17-6)18-7/h9-11H,8H2,1-7H3. The fourth-order valence-electron chi connectivity index (χ4n) is 2.01. The zero-order valence-corrected chi connectivity index (χ0v) is 14.6. The van der Waals surface area contributed by atoms with Crippen molar-refractivity contribution in [3.05, 3.63) is 23.8 Å². The second kappa shape index (κ2) is 6.71. The van der Waals surface area contributed by atoms with Crippen LogP contribution in [-0.2, 0) is 13.3 Å². The molecule has 1 aromatic carbocycles. The molecule has 0 saturated heterocycles. The van der Waals surface area contributed by atoms with Crippen molar-refractivity contribution in [2.45, 2.75) is 39.7 Å². The van der Waals surface area contributed by atoms with Gasteiger partial charge in [0.25, 0.3) is 0 Å². The molecule has 20 heavy (non-hydrogen) atoms. The average Bonchev–Trinajstić information content (AvgIpc) is 2.42. The van der Waals surface area contributed by atoms with Crippen LogP contribution in [0.2, 0.25) is 0 Å². The van der Waals surface area contributed by atoms with E-state index in [-0.39, 0.29) is 5.60 Å². The van der Waals surface area contributed by atoms with E-state index < -0.39 is 8.80 Å². The maximum absolute atomic E-state index is 5.99. The Morgan fingerprint density at radius 1 is 1.05 bits per heavy atom. The summed E-state index contributed by atoms with van der Waals surface area (Å²) >= 11 is 0. The van der Waals surface area contributed by atoms with E-state index in [0.717, 1.165) is 22.9 Å². The first-order valence-electron chi connectivity index (χ1n) is 6.79. The highest BCUT2D eigenvalue weighted by Crippen LogP contribution is 2.22. The molecule has 0 aliphatic heterocycles. The van der Waals surface area contributed by atoms with Crippen molar-refractivity contribution < 1.29 is 18.0 Å². The number of ether oxygens (including phenoxy) is 1. The van der Waals surface area contributed by atoms with Gasteiger partial charge in [0, 0.05) is 26.5 Å². The zero-order chi connectivity index (χ0) is 15.4. The first-order valence-corrected chi connectivity index (χ1v) is 8.52. The van der Waals surface area contributed by atoms with Gasteiger partial charge in [-0.15, -0.1) is 0 Å². The Balaban J connectivity index is 3.10. The van der Waals surface area contributed by atoms with E-state index in [4.69, 9.17) is 18.0 Å². The SMILES string of the molecule is CCC(C)(C)Oc1ccc([Si](OC)(OC)OC)c(C)c1. The Morgan fingerprint density at radius 3 is 2.00 bits per heavy atom. The highest BCUT2D eigenvalue weighted by molar-refractivity contribution is 6.75. The van der Waals surface area contributed by atoms with Gasteiger partial charge >= 0.3 is 8.80 Å². The van der Waals surface area contributed by atoms with Crippen LogP contribution in [0.25, 0.3) is 0 Å². The molecular formula is C15H26O4Si. The minimum Gasteiger partial charge on any atom is -0.488 e. The average molecular weight is 298 g/mol. The number of aryl methyl sites for hydroxylation is 1. The van der Waals surface area contributed by atoms with Crippen LogP contribution in [0.4, 0.5) is 0 Å². The van der Waals surface area contributed by atoms with Gasteiger partial charge in [-0.3, -0.25) is 0 Å². The highest BCUT2D eigenvalue weighted by atomic mass is 28.4. The predicted octanol–water partition coefficient (Wildman–Crippen LogP) is 2.65. The largest absolute Gasteiger partial charge is 0.536 e. The minimum atomic E-state index is -2.78. The zero-order valence-electron chi connectivity index (χ0n) is 13.6. The minimum absolute atomic E-state index is 0.174. The van der Waals surface area contributed by atoms with Crippen molar-refractivity contribution in [1.29, 1.82) is 0 Å². The quantitative estimate of drug-likeness (QED) is 0.725. The van der Waals surface area contributed by atoms with Crippen LogP contribution in [0.3, 0.4) is 0 Å². The van der Waals surface area contributed by atoms with Crippen LogP contribution in [-0.4, -0.2) is 35.7 Å². The lowest BCUT2D eigenvalue weighted by molar-refractivity contribution is 0.105. The lowest BCUT2D eigenvalue weighted by Crippen LogP contribution is -2.55. The lowest BCUT2D eigenvalue weighted by Gasteiger charge is -2.28. The smallest absolute Gasteiger partial charge is 0.488 e. The number of hydrogen-bond donors (Lipinski definition) is 0. The summed E-state index contributed by atoms with van der Waals surface area (Å²) in [4.78, 5) is 0. The second-order valence-corrected chi connectivity index (χ2v) is 8.24. The van der Waals surface area contributed by atoms with Gasteiger partial charge < -0.3 is 18.0 Å². The van der Waals surface area contributed by atoms with Crippen molar-refractivity contribution in [1.82, 2.24) is 0 Å². The summed E-state index contributed by atoms with van der Waals surface area (Å²) in [6, 6.07) is 5.92. The van der Waals surface area contributed by atoms with Crippen LogP contribution < -0.4 is 9.92 Å². The van der Waals surface area contributed by atoms with E-state index in [1.54, 1.807) is 21.3 Å². The first-order chi connectivity index (χ1) is 9.34. The van der Waals surface area contributed by atoms with E-state index >= 15 is 0 Å². The van der Waals surface area contributed by atoms with E-state index in [2.05, 4.69) is 20.8 Å². The number of hydrogen-bond acceptors (Lipinski definition) is 4. The van der Waals surface area contributed by atoms with Crippen LogP contribution in [0.1, 0.15) is 32.8 Å². The summed E-state index contributed by atoms with van der Waals surface area (Å²) in [5, 5.41) is 0.964. The molecule has 0 spiro atoms. The Morgan fingerprint density at radius 2 is 1.60 bits per heavy atom. The van der Waals surface area contributed by atoms with Gasteiger partial charge in [0.15, 0.2) is 0 Å². The summed E-state index contributed by atoms with van der Waals surface area (Å²) in [5.74, 6) is 0.851. The molecule has 0 saturated carbocycles. The van der Waals surface area contributed by atoms with E-state index in [9.17, 15) is 0 Å². The summed E-state index contributed by atoms with van der Waals surface area (Å²) in [6.07, 6.45) is 0.945. The third-order valence-corrected chi connectivity index (χ3v) is 6.41. The molecule has 114 valence electrons. The van der Waals surface area contributed by atoms with Crippen LogP contribution in [0.5, 0.6) is 5.75 Å². The monoisotopic (exact) mass is 298 g/mol. The van der Waals surface area contributed by atoms with E-state index in [1.165, 1.54) is 0 Å². The van der Waals surface area contributed by atoms with Gasteiger partial charge in [-0.2, -0.15) is 0 Å². The fourth-order valence-corrected chi connectivity index (χ4v) is 4.02. The summed E-state index contributed by atoms with van der Waals surface area (Å²) in [5.41, 5.74) is 0.873. The first kappa shape index (κ1) is 17.2. The second-order valence-electron chi connectivity index (χ2n) is 5.36. The van der Waals surface area contributed by atoms with Crippen molar-refractivity contribution in [2.75, 3.05) is 21.3 Å². The third-order valence-electron chi connectivity index (χ3n) is 3.58. The molecule has 0 fully saturated rings. The summed E-state index contributed by atoms with van der Waals surface area (Å²) in [7, 11) is 2.06. The molecule has 0 aliphatic rings. The fraction of sp³-hybridized carbons (Fsp3) is 0.600. The Hall–Kier alpha value is -0.883. The van der Waals surface area contributed by atoms with Crippen LogP contribution >= 0.6 is 0 Å². The van der Waals surface area contributed by atoms with Gasteiger partial charge in [0.2, 0.25) is 0 Å². The Kier molecular flexibility index (Phi) is 5.76. The number of benzene rings is 1. The van der Waals surface area contributed by atoms with Crippen molar-refractivity contribution >= 4 is 14.0 Å². The maximum atomic E-state index is 5.99. The molecule has 0 N–H and O–H groups in total. The normalized spacial score (nSPS) is 12.6. The van der Waals surface area contributed by atoms with Gasteiger partial charge in [-0.1, -0.05) is 13.0 Å². The number of rotatable bonds is 7. The predicted molar refractivity (Wildman–Crippen MR) is 82.6 cm³/mol. The van der Waals surface area contributed by atoms with Crippen LogP contribution in [0.15, 0.2) is 18.2 Å². The molecule has 1 rings (SSSR count). The lowest BCUT2D eigenvalue weighted by atomic mass is 10.1. The topological polar surface area (TPSA) is 36.9 Å². The molecule has 0 amide bonds. The Bertz CT molecular complexity index is 433. The van der Waals surface area contributed by atoms with Gasteiger partial charge in [0.1, 0.15) is 11.4 Å². The van der Waals surface area contributed by atoms with Gasteiger partial charge in [0.05, 0.1) is 0 Å². The summed E-state index contributed by atoms with van der Waals surface area (Å²) < 4.78 is 22.5.